The summed E-state index contributed by atoms with van der Waals surface area (Å²) in [7, 11) is 0. The Hall–Kier alpha value is -2.98. The van der Waals surface area contributed by atoms with Crippen LogP contribution in [0.15, 0.2) is 42.5 Å². The zero-order chi connectivity index (χ0) is 15.2. The van der Waals surface area contributed by atoms with Gasteiger partial charge in [0.15, 0.2) is 0 Å². The summed E-state index contributed by atoms with van der Waals surface area (Å²) in [5.74, 6) is -0.374. The van der Waals surface area contributed by atoms with Crippen LogP contribution in [0.2, 0.25) is 0 Å². The lowest BCUT2D eigenvalue weighted by atomic mass is 10.2. The quantitative estimate of drug-likeness (QED) is 0.532. The number of nitriles is 1. The predicted octanol–water partition coefficient (Wildman–Crippen LogP) is 3.18. The number of nitrogens with one attached hydrogen (secondary N) is 1. The summed E-state index contributed by atoms with van der Waals surface area (Å²) in [6.07, 6.45) is 2.79. The average molecular weight is 299 g/mol. The van der Waals surface area contributed by atoms with Crippen molar-refractivity contribution in [3.63, 3.8) is 0 Å². The molecule has 104 valence electrons. The van der Waals surface area contributed by atoms with Crippen LogP contribution in [0.1, 0.15) is 10.4 Å². The molecular formula is C14H9N3O3S. The van der Waals surface area contributed by atoms with Crippen LogP contribution in [-0.2, 0) is 4.79 Å². The van der Waals surface area contributed by atoms with Crippen LogP contribution in [0.25, 0.3) is 6.08 Å². The molecule has 0 spiro atoms. The Morgan fingerprint density at radius 3 is 2.86 bits per heavy atom. The molecule has 0 saturated carbocycles. The number of nitrogens with zero attached hydrogens (tertiary/aromatic N) is 2. The average Bonchev–Trinajstić information content (AvgIpc) is 2.94. The second-order valence-corrected chi connectivity index (χ2v) is 5.04. The van der Waals surface area contributed by atoms with E-state index in [0.717, 1.165) is 11.3 Å². The summed E-state index contributed by atoms with van der Waals surface area (Å²) in [5.41, 5.74) is 0.964. The van der Waals surface area contributed by atoms with Crippen LogP contribution >= 0.6 is 11.3 Å². The van der Waals surface area contributed by atoms with Crippen molar-refractivity contribution in [3.8, 4) is 6.07 Å². The Balaban J connectivity index is 2.02. The molecule has 6 nitrogen and oxygen atoms in total. The van der Waals surface area contributed by atoms with E-state index < -0.39 is 4.92 Å². The molecule has 1 amide bonds. The maximum absolute atomic E-state index is 11.7. The first-order valence-electron chi connectivity index (χ1n) is 5.82. The third kappa shape index (κ3) is 3.99. The van der Waals surface area contributed by atoms with Gasteiger partial charge in [-0.05, 0) is 30.3 Å². The summed E-state index contributed by atoms with van der Waals surface area (Å²) in [4.78, 5) is 22.4. The molecule has 7 heteroatoms. The number of benzene rings is 1. The fraction of sp³-hybridized carbons (Fsp3) is 0. The molecule has 0 aliphatic heterocycles. The van der Waals surface area contributed by atoms with Crippen molar-refractivity contribution in [1.82, 2.24) is 0 Å². The number of anilines is 1. The molecule has 1 aromatic heterocycles. The van der Waals surface area contributed by atoms with Crippen molar-refractivity contribution in [3.05, 3.63) is 63.0 Å². The highest BCUT2D eigenvalue weighted by molar-refractivity contribution is 7.16. The van der Waals surface area contributed by atoms with Crippen LogP contribution in [0.3, 0.4) is 0 Å². The fourth-order valence-electron chi connectivity index (χ4n) is 1.54. The van der Waals surface area contributed by atoms with Gasteiger partial charge in [0.25, 0.3) is 0 Å². The Morgan fingerprint density at radius 2 is 2.19 bits per heavy atom. The molecule has 1 heterocycles. The van der Waals surface area contributed by atoms with Gasteiger partial charge >= 0.3 is 5.00 Å². The third-order valence-corrected chi connectivity index (χ3v) is 3.45. The number of hydrogen-bond donors (Lipinski definition) is 1. The van der Waals surface area contributed by atoms with E-state index in [-0.39, 0.29) is 10.9 Å². The van der Waals surface area contributed by atoms with Crippen LogP contribution in [0.4, 0.5) is 10.7 Å². The molecule has 21 heavy (non-hydrogen) atoms. The lowest BCUT2D eigenvalue weighted by Crippen LogP contribution is -2.07. The standard InChI is InChI=1S/C14H9N3O3S/c15-9-10-2-1-3-11(8-10)16-13(18)6-4-12-5-7-14(21-12)17(19)20/h1-8H,(H,16,18)/b6-4+. The van der Waals surface area contributed by atoms with Crippen molar-refractivity contribution in [2.45, 2.75) is 0 Å². The van der Waals surface area contributed by atoms with Crippen molar-refractivity contribution in [2.75, 3.05) is 5.32 Å². The second kappa shape index (κ2) is 6.45. The smallest absolute Gasteiger partial charge is 0.322 e. The van der Waals surface area contributed by atoms with E-state index in [4.69, 9.17) is 5.26 Å². The monoisotopic (exact) mass is 299 g/mol. The molecule has 0 fully saturated rings. The lowest BCUT2D eigenvalue weighted by molar-refractivity contribution is -0.380. The molecule has 0 aliphatic carbocycles. The number of thiophene rings is 1. The Labute approximate surface area is 124 Å². The lowest BCUT2D eigenvalue weighted by Gasteiger charge is -2.01. The van der Waals surface area contributed by atoms with Crippen LogP contribution in [-0.4, -0.2) is 10.8 Å². The second-order valence-electron chi connectivity index (χ2n) is 3.95. The molecule has 1 N–H and O–H groups in total. The highest BCUT2D eigenvalue weighted by atomic mass is 32.1. The van der Waals surface area contributed by atoms with Gasteiger partial charge in [0.05, 0.1) is 16.6 Å². The van der Waals surface area contributed by atoms with Gasteiger partial charge in [-0.1, -0.05) is 17.4 Å². The molecule has 0 saturated heterocycles. The molecular weight excluding hydrogens is 290 g/mol. The van der Waals surface area contributed by atoms with Crippen molar-refractivity contribution in [2.24, 2.45) is 0 Å². The van der Waals surface area contributed by atoms with E-state index >= 15 is 0 Å². The minimum Gasteiger partial charge on any atom is -0.322 e. The number of carbonyl (C=O) groups excluding carboxylic acids is 1. The summed E-state index contributed by atoms with van der Waals surface area (Å²) in [5, 5.41) is 21.9. The summed E-state index contributed by atoms with van der Waals surface area (Å²) in [6, 6.07) is 11.5. The van der Waals surface area contributed by atoms with Crippen molar-refractivity contribution < 1.29 is 9.72 Å². The molecule has 2 aromatic rings. The number of amides is 1. The molecule has 1 aromatic carbocycles. The molecule has 0 bridgehead atoms. The molecule has 0 aliphatic rings. The Morgan fingerprint density at radius 1 is 1.38 bits per heavy atom. The minimum absolute atomic E-state index is 0.0248. The van der Waals surface area contributed by atoms with Gasteiger partial charge in [-0.3, -0.25) is 14.9 Å². The number of nitro groups is 1. The van der Waals surface area contributed by atoms with Gasteiger partial charge in [-0.15, -0.1) is 0 Å². The molecule has 0 atom stereocenters. The maximum atomic E-state index is 11.7. The summed E-state index contributed by atoms with van der Waals surface area (Å²) < 4.78 is 0. The normalized spacial score (nSPS) is 10.2. The van der Waals surface area contributed by atoms with E-state index in [0.29, 0.717) is 16.1 Å². The van der Waals surface area contributed by atoms with Crippen LogP contribution in [0.5, 0.6) is 0 Å². The number of rotatable bonds is 4. The van der Waals surface area contributed by atoms with Gasteiger partial charge in [-0.2, -0.15) is 5.26 Å². The summed E-state index contributed by atoms with van der Waals surface area (Å²) in [6.45, 7) is 0. The van der Waals surface area contributed by atoms with Crippen LogP contribution < -0.4 is 5.32 Å². The van der Waals surface area contributed by atoms with E-state index in [1.165, 1.54) is 18.2 Å². The highest BCUT2D eigenvalue weighted by Gasteiger charge is 2.08. The molecule has 0 radical (unpaired) electrons. The zero-order valence-corrected chi connectivity index (χ0v) is 11.5. The minimum atomic E-state index is -0.477. The van der Waals surface area contributed by atoms with Gasteiger partial charge in [-0.25, -0.2) is 0 Å². The Bertz CT molecular complexity index is 759. The van der Waals surface area contributed by atoms with Crippen LogP contribution in [0, 0.1) is 21.4 Å². The topological polar surface area (TPSA) is 96.0 Å². The molecule has 2 rings (SSSR count). The highest BCUT2D eigenvalue weighted by Crippen LogP contribution is 2.24. The predicted molar refractivity (Wildman–Crippen MR) is 79.8 cm³/mol. The Kier molecular flexibility index (Phi) is 4.43. The first-order valence-corrected chi connectivity index (χ1v) is 6.63. The van der Waals surface area contributed by atoms with E-state index in [1.807, 2.05) is 6.07 Å². The fourth-order valence-corrected chi connectivity index (χ4v) is 2.26. The van der Waals surface area contributed by atoms with Crippen molar-refractivity contribution in [1.29, 1.82) is 5.26 Å². The number of hydrogen-bond acceptors (Lipinski definition) is 5. The zero-order valence-electron chi connectivity index (χ0n) is 10.6. The first-order chi connectivity index (χ1) is 10.1. The van der Waals surface area contributed by atoms with E-state index in [9.17, 15) is 14.9 Å². The molecule has 0 unspecified atom stereocenters. The summed E-state index contributed by atoms with van der Waals surface area (Å²) >= 11 is 0.986. The van der Waals surface area contributed by atoms with E-state index in [2.05, 4.69) is 5.32 Å². The van der Waals surface area contributed by atoms with E-state index in [1.54, 1.807) is 30.3 Å². The van der Waals surface area contributed by atoms with Gasteiger partial charge in [0, 0.05) is 22.7 Å². The number of carbonyl (C=O) groups is 1. The van der Waals surface area contributed by atoms with Gasteiger partial charge in [0.2, 0.25) is 5.91 Å². The SMILES string of the molecule is N#Cc1cccc(NC(=O)/C=C/c2ccc([N+](=O)[O-])s2)c1. The maximum Gasteiger partial charge on any atom is 0.324 e. The third-order valence-electron chi connectivity index (χ3n) is 2.45. The largest absolute Gasteiger partial charge is 0.324 e. The van der Waals surface area contributed by atoms with Crippen molar-refractivity contribution >= 4 is 34.0 Å². The van der Waals surface area contributed by atoms with Gasteiger partial charge in [0.1, 0.15) is 0 Å². The first kappa shape index (κ1) is 14.4. The van der Waals surface area contributed by atoms with Gasteiger partial charge < -0.3 is 5.32 Å².